The van der Waals surface area contributed by atoms with Gasteiger partial charge >= 0.3 is 0 Å². The first-order chi connectivity index (χ1) is 12.0. The van der Waals surface area contributed by atoms with Gasteiger partial charge in [-0.3, -0.25) is 4.79 Å². The standard InChI is InChI=1S/C21H26O4/c1-5-8-23-16-6-7-17-19(11-16)24-12-20(21(17)22)25-18-10-13(2)9-14(3)15(18)4/h5,9-10,12,16-17,19H,1,6-8,11H2,2-4H3. The molecule has 0 spiro atoms. The lowest BCUT2D eigenvalue weighted by atomic mass is 9.80. The fourth-order valence-corrected chi connectivity index (χ4v) is 3.59. The van der Waals surface area contributed by atoms with E-state index in [1.165, 1.54) is 6.26 Å². The van der Waals surface area contributed by atoms with Crippen LogP contribution in [0, 0.1) is 26.7 Å². The fraction of sp³-hybridized carbons (Fsp3) is 0.476. The third-order valence-electron chi connectivity index (χ3n) is 5.11. The number of carbonyl (C=O) groups is 1. The fourth-order valence-electron chi connectivity index (χ4n) is 3.59. The van der Waals surface area contributed by atoms with E-state index >= 15 is 0 Å². The molecule has 4 nitrogen and oxygen atoms in total. The summed E-state index contributed by atoms with van der Waals surface area (Å²) in [5.74, 6) is 0.925. The van der Waals surface area contributed by atoms with Crippen molar-refractivity contribution in [2.45, 2.75) is 52.2 Å². The van der Waals surface area contributed by atoms with Crippen LogP contribution in [0.3, 0.4) is 0 Å². The molecule has 2 aliphatic rings. The summed E-state index contributed by atoms with van der Waals surface area (Å²) < 4.78 is 17.5. The highest BCUT2D eigenvalue weighted by Gasteiger charge is 2.41. The third kappa shape index (κ3) is 3.79. The Labute approximate surface area is 149 Å². The Bertz CT molecular complexity index is 704. The summed E-state index contributed by atoms with van der Waals surface area (Å²) in [6.07, 6.45) is 5.59. The topological polar surface area (TPSA) is 44.8 Å². The van der Waals surface area contributed by atoms with Crippen molar-refractivity contribution >= 4 is 5.78 Å². The molecule has 0 aromatic heterocycles. The molecule has 134 valence electrons. The largest absolute Gasteiger partial charge is 0.493 e. The van der Waals surface area contributed by atoms with E-state index in [1.54, 1.807) is 6.08 Å². The molecule has 0 N–H and O–H groups in total. The van der Waals surface area contributed by atoms with Gasteiger partial charge in [-0.2, -0.15) is 0 Å². The second kappa shape index (κ2) is 7.44. The zero-order valence-corrected chi connectivity index (χ0v) is 15.2. The number of benzene rings is 1. The van der Waals surface area contributed by atoms with Gasteiger partial charge in [-0.25, -0.2) is 0 Å². The molecule has 0 bridgehead atoms. The summed E-state index contributed by atoms with van der Waals surface area (Å²) in [7, 11) is 0. The maximum absolute atomic E-state index is 12.8. The van der Waals surface area contributed by atoms with E-state index in [2.05, 4.69) is 12.6 Å². The number of hydrogen-bond donors (Lipinski definition) is 0. The van der Waals surface area contributed by atoms with Crippen molar-refractivity contribution in [2.75, 3.05) is 6.61 Å². The van der Waals surface area contributed by atoms with Gasteiger partial charge in [0.25, 0.3) is 0 Å². The monoisotopic (exact) mass is 342 g/mol. The minimum Gasteiger partial charge on any atom is -0.493 e. The molecule has 0 saturated heterocycles. The number of ketones is 1. The second-order valence-corrected chi connectivity index (χ2v) is 6.99. The van der Waals surface area contributed by atoms with E-state index in [-0.39, 0.29) is 23.9 Å². The Morgan fingerprint density at radius 3 is 2.84 bits per heavy atom. The molecule has 0 amide bonds. The highest BCUT2D eigenvalue weighted by atomic mass is 16.5. The molecule has 3 unspecified atom stereocenters. The van der Waals surface area contributed by atoms with Crippen molar-refractivity contribution in [3.8, 4) is 5.75 Å². The van der Waals surface area contributed by atoms with Crippen LogP contribution in [0.1, 0.15) is 36.0 Å². The number of hydrogen-bond acceptors (Lipinski definition) is 4. The van der Waals surface area contributed by atoms with E-state index < -0.39 is 0 Å². The summed E-state index contributed by atoms with van der Waals surface area (Å²) >= 11 is 0. The number of aryl methyl sites for hydroxylation is 2. The molecule has 1 fully saturated rings. The van der Waals surface area contributed by atoms with Gasteiger partial charge < -0.3 is 14.2 Å². The predicted molar refractivity (Wildman–Crippen MR) is 96.5 cm³/mol. The smallest absolute Gasteiger partial charge is 0.207 e. The van der Waals surface area contributed by atoms with Crippen LogP contribution in [-0.2, 0) is 14.3 Å². The molecular weight excluding hydrogens is 316 g/mol. The number of ether oxygens (including phenoxy) is 3. The first kappa shape index (κ1) is 17.7. The summed E-state index contributed by atoms with van der Waals surface area (Å²) in [5.41, 5.74) is 3.31. The number of rotatable bonds is 5. The van der Waals surface area contributed by atoms with Crippen molar-refractivity contribution in [2.24, 2.45) is 5.92 Å². The van der Waals surface area contributed by atoms with Crippen molar-refractivity contribution in [1.29, 1.82) is 0 Å². The summed E-state index contributed by atoms with van der Waals surface area (Å²) in [4.78, 5) is 12.8. The Kier molecular flexibility index (Phi) is 5.28. The maximum atomic E-state index is 12.8. The molecule has 1 aromatic rings. The molecule has 1 aromatic carbocycles. The van der Waals surface area contributed by atoms with E-state index in [4.69, 9.17) is 14.2 Å². The van der Waals surface area contributed by atoms with Crippen LogP contribution in [0.5, 0.6) is 5.75 Å². The Balaban J connectivity index is 1.72. The molecule has 1 aliphatic heterocycles. The Morgan fingerprint density at radius 2 is 2.08 bits per heavy atom. The molecule has 25 heavy (non-hydrogen) atoms. The van der Waals surface area contributed by atoms with Crippen LogP contribution in [0.4, 0.5) is 0 Å². The van der Waals surface area contributed by atoms with Crippen LogP contribution < -0.4 is 4.74 Å². The Hall–Kier alpha value is -2.07. The van der Waals surface area contributed by atoms with Gasteiger partial charge in [-0.05, 0) is 56.4 Å². The minimum absolute atomic E-state index is 0.0389. The van der Waals surface area contributed by atoms with Crippen LogP contribution in [0.2, 0.25) is 0 Å². The lowest BCUT2D eigenvalue weighted by Crippen LogP contribution is -2.42. The first-order valence-corrected chi connectivity index (χ1v) is 8.87. The van der Waals surface area contributed by atoms with Gasteiger partial charge in [0.2, 0.25) is 11.5 Å². The number of Topliss-reactive ketones (excluding diaryl/α,β-unsaturated/α-hetero) is 1. The second-order valence-electron chi connectivity index (χ2n) is 6.99. The quantitative estimate of drug-likeness (QED) is 0.753. The van der Waals surface area contributed by atoms with Gasteiger partial charge in [0.05, 0.1) is 18.6 Å². The maximum Gasteiger partial charge on any atom is 0.207 e. The number of fused-ring (bicyclic) bond motifs is 1. The van der Waals surface area contributed by atoms with E-state index in [9.17, 15) is 4.79 Å². The van der Waals surface area contributed by atoms with Crippen LogP contribution in [0.25, 0.3) is 0 Å². The van der Waals surface area contributed by atoms with E-state index in [0.717, 1.165) is 41.7 Å². The molecule has 1 saturated carbocycles. The number of allylic oxidation sites excluding steroid dienone is 1. The van der Waals surface area contributed by atoms with Gasteiger partial charge in [0.1, 0.15) is 18.1 Å². The van der Waals surface area contributed by atoms with Crippen molar-refractivity contribution in [3.63, 3.8) is 0 Å². The summed E-state index contributed by atoms with van der Waals surface area (Å²) in [6, 6.07) is 4.07. The molecule has 4 heteroatoms. The van der Waals surface area contributed by atoms with Crippen LogP contribution in [-0.4, -0.2) is 24.6 Å². The molecular formula is C21H26O4. The lowest BCUT2D eigenvalue weighted by Gasteiger charge is -2.37. The molecule has 1 heterocycles. The molecule has 1 aliphatic carbocycles. The van der Waals surface area contributed by atoms with Gasteiger partial charge in [-0.1, -0.05) is 12.1 Å². The normalized spacial score (nSPS) is 25.6. The van der Waals surface area contributed by atoms with E-state index in [1.807, 2.05) is 26.8 Å². The highest BCUT2D eigenvalue weighted by Crippen LogP contribution is 2.35. The average molecular weight is 342 g/mol. The average Bonchev–Trinajstić information content (AvgIpc) is 2.59. The first-order valence-electron chi connectivity index (χ1n) is 8.87. The molecule has 0 radical (unpaired) electrons. The van der Waals surface area contributed by atoms with Crippen LogP contribution in [0.15, 0.2) is 36.8 Å². The minimum atomic E-state index is -0.144. The van der Waals surface area contributed by atoms with Crippen molar-refractivity contribution in [3.05, 3.63) is 53.5 Å². The van der Waals surface area contributed by atoms with Crippen LogP contribution >= 0.6 is 0 Å². The molecule has 3 atom stereocenters. The molecule has 3 rings (SSSR count). The highest BCUT2D eigenvalue weighted by molar-refractivity contribution is 5.96. The zero-order valence-electron chi connectivity index (χ0n) is 15.2. The van der Waals surface area contributed by atoms with Crippen molar-refractivity contribution < 1.29 is 19.0 Å². The van der Waals surface area contributed by atoms with Crippen molar-refractivity contribution in [1.82, 2.24) is 0 Å². The predicted octanol–water partition coefficient (Wildman–Crippen LogP) is 4.17. The Morgan fingerprint density at radius 1 is 1.28 bits per heavy atom. The SMILES string of the molecule is C=CCOC1CCC2C(=O)C(Oc3cc(C)cc(C)c3C)=COC2C1. The number of carbonyl (C=O) groups excluding carboxylic acids is 1. The third-order valence-corrected chi connectivity index (χ3v) is 5.11. The van der Waals surface area contributed by atoms with Gasteiger partial charge in [-0.15, -0.1) is 6.58 Å². The zero-order chi connectivity index (χ0) is 18.0. The van der Waals surface area contributed by atoms with Gasteiger partial charge in [0.15, 0.2) is 0 Å². The summed E-state index contributed by atoms with van der Waals surface area (Å²) in [5, 5.41) is 0. The summed E-state index contributed by atoms with van der Waals surface area (Å²) in [6.45, 7) is 10.3. The lowest BCUT2D eigenvalue weighted by molar-refractivity contribution is -0.133. The van der Waals surface area contributed by atoms with E-state index in [0.29, 0.717) is 12.4 Å². The van der Waals surface area contributed by atoms with Gasteiger partial charge in [0, 0.05) is 6.42 Å².